The summed E-state index contributed by atoms with van der Waals surface area (Å²) in [7, 11) is -3.89. The van der Waals surface area contributed by atoms with Gasteiger partial charge in [0.25, 0.3) is 0 Å². The summed E-state index contributed by atoms with van der Waals surface area (Å²) in [6, 6.07) is 3.53. The van der Waals surface area contributed by atoms with E-state index in [2.05, 4.69) is 0 Å². The van der Waals surface area contributed by atoms with Crippen LogP contribution in [0.2, 0.25) is 5.02 Å². The Kier molecular flexibility index (Phi) is 7.14. The highest BCUT2D eigenvalue weighted by Crippen LogP contribution is 2.41. The smallest absolute Gasteiger partial charge is 0.335 e. The highest BCUT2D eigenvalue weighted by atomic mass is 35.5. The van der Waals surface area contributed by atoms with Gasteiger partial charge in [-0.25, -0.2) is 17.6 Å². The molecular weight excluding hydrogens is 479 g/mol. The molecule has 1 atom stereocenters. The molecule has 0 aromatic heterocycles. The molecule has 2 spiro atoms. The van der Waals surface area contributed by atoms with Gasteiger partial charge in [0, 0.05) is 11.4 Å². The maximum Gasteiger partial charge on any atom is 0.335 e. The van der Waals surface area contributed by atoms with Crippen molar-refractivity contribution in [1.29, 1.82) is 0 Å². The number of benzene rings is 1. The quantitative estimate of drug-likeness (QED) is 0.565. The van der Waals surface area contributed by atoms with Gasteiger partial charge in [0.15, 0.2) is 15.6 Å². The second-order valence-electron chi connectivity index (χ2n) is 8.59. The molecule has 33 heavy (non-hydrogen) atoms. The molecule has 0 saturated carbocycles. The lowest BCUT2D eigenvalue weighted by Crippen LogP contribution is -2.56. The summed E-state index contributed by atoms with van der Waals surface area (Å²) in [6.07, 6.45) is 1.75. The average molecular weight is 505 g/mol. The molecule has 182 valence electrons. The van der Waals surface area contributed by atoms with Gasteiger partial charge in [0.1, 0.15) is 12.6 Å². The van der Waals surface area contributed by atoms with Gasteiger partial charge < -0.3 is 23.7 Å². The van der Waals surface area contributed by atoms with Crippen LogP contribution < -0.4 is 0 Å². The molecule has 8 nitrogen and oxygen atoms in total. The Balaban J connectivity index is 1.59. The number of ether oxygens (including phenoxy) is 5. The number of carbonyl (C=O) groups excluding carboxylic acids is 1. The van der Waals surface area contributed by atoms with Crippen molar-refractivity contribution in [2.75, 3.05) is 39.8 Å². The van der Waals surface area contributed by atoms with Crippen LogP contribution in [0.4, 0.5) is 4.39 Å². The molecule has 3 aliphatic rings. The van der Waals surface area contributed by atoms with Crippen molar-refractivity contribution in [2.45, 2.75) is 36.6 Å². The van der Waals surface area contributed by atoms with E-state index in [0.717, 1.165) is 12.1 Å². The Hall–Kier alpha value is -1.56. The lowest BCUT2D eigenvalue weighted by molar-refractivity contribution is -0.315. The molecule has 0 amide bonds. The van der Waals surface area contributed by atoms with E-state index in [0.29, 0.717) is 13.2 Å². The number of hydrogen-bond donors (Lipinski definition) is 0. The van der Waals surface area contributed by atoms with Crippen molar-refractivity contribution in [2.24, 2.45) is 5.41 Å². The number of hydrogen-bond acceptors (Lipinski definition) is 8. The van der Waals surface area contributed by atoms with E-state index < -0.39 is 43.8 Å². The second-order valence-corrected chi connectivity index (χ2v) is 11.2. The van der Waals surface area contributed by atoms with Crippen LogP contribution in [-0.2, 0) is 44.1 Å². The predicted octanol–water partition coefficient (Wildman–Crippen LogP) is 2.78. The largest absolute Gasteiger partial charge is 0.463 e. The Morgan fingerprint density at radius 3 is 2.55 bits per heavy atom. The molecule has 2 fully saturated rings. The van der Waals surface area contributed by atoms with Crippen LogP contribution in [-0.4, -0.2) is 65.3 Å². The lowest BCUT2D eigenvalue weighted by atomic mass is 9.87. The molecule has 1 aromatic rings. The monoisotopic (exact) mass is 504 g/mol. The zero-order chi connectivity index (χ0) is 23.7. The number of rotatable bonds is 5. The number of carbonyl (C=O) groups is 1. The minimum Gasteiger partial charge on any atom is -0.463 e. The Morgan fingerprint density at radius 1 is 1.21 bits per heavy atom. The summed E-state index contributed by atoms with van der Waals surface area (Å²) in [5, 5.41) is -1.12. The first-order chi connectivity index (χ1) is 15.7. The molecule has 1 aliphatic carbocycles. The summed E-state index contributed by atoms with van der Waals surface area (Å²) in [5.41, 5.74) is -0.219. The topological polar surface area (TPSA) is 97.4 Å². The van der Waals surface area contributed by atoms with Crippen molar-refractivity contribution in [3.05, 3.63) is 46.3 Å². The van der Waals surface area contributed by atoms with Crippen LogP contribution in [0.25, 0.3) is 0 Å². The van der Waals surface area contributed by atoms with E-state index >= 15 is 0 Å². The summed E-state index contributed by atoms with van der Waals surface area (Å²) in [5.74, 6) is -2.98. The molecule has 0 bridgehead atoms. The maximum atomic E-state index is 13.4. The van der Waals surface area contributed by atoms with Crippen molar-refractivity contribution in [1.82, 2.24) is 0 Å². The zero-order valence-corrected chi connectivity index (χ0v) is 19.8. The van der Waals surface area contributed by atoms with Gasteiger partial charge >= 0.3 is 5.97 Å². The van der Waals surface area contributed by atoms with Crippen LogP contribution in [0.15, 0.2) is 29.8 Å². The summed E-state index contributed by atoms with van der Waals surface area (Å²) in [6.45, 7) is 3.35. The third-order valence-corrected chi connectivity index (χ3v) is 8.44. The van der Waals surface area contributed by atoms with Crippen LogP contribution in [0.3, 0.4) is 0 Å². The predicted molar refractivity (Wildman–Crippen MR) is 116 cm³/mol. The van der Waals surface area contributed by atoms with E-state index in [4.69, 9.17) is 35.3 Å². The lowest BCUT2D eigenvalue weighted by Gasteiger charge is -2.47. The van der Waals surface area contributed by atoms with Crippen molar-refractivity contribution in [3.63, 3.8) is 0 Å². The fraction of sp³-hybridized carbons (Fsp3) is 0.591. The molecule has 0 N–H and O–H groups in total. The first-order valence-corrected chi connectivity index (χ1v) is 12.8. The van der Waals surface area contributed by atoms with E-state index in [9.17, 15) is 17.6 Å². The van der Waals surface area contributed by atoms with Crippen molar-refractivity contribution >= 4 is 27.4 Å². The zero-order valence-electron chi connectivity index (χ0n) is 18.2. The molecule has 1 unspecified atom stereocenters. The summed E-state index contributed by atoms with van der Waals surface area (Å²) in [4.78, 5) is 12.8. The highest BCUT2D eigenvalue weighted by Gasteiger charge is 2.50. The van der Waals surface area contributed by atoms with Crippen LogP contribution in [0.5, 0.6) is 0 Å². The average Bonchev–Trinajstić information content (AvgIpc) is 2.79. The van der Waals surface area contributed by atoms with E-state index in [1.54, 1.807) is 6.92 Å². The Bertz CT molecular complexity index is 1020. The second kappa shape index (κ2) is 9.59. The standard InChI is InChI=1S/C22H26ClFO8S/c1-2-30-20(25)17-8-22(31-12-21(13-32-22)10-28-14-29-11-21)6-5-19(17)33(26,27)9-15-3-4-16(24)7-18(15)23/h3-4,7-8,19H,2,5-6,9-14H2,1H3. The van der Waals surface area contributed by atoms with Gasteiger partial charge in [-0.05, 0) is 37.1 Å². The number of esters is 1. The highest BCUT2D eigenvalue weighted by molar-refractivity contribution is 7.91. The van der Waals surface area contributed by atoms with Gasteiger partial charge in [-0.1, -0.05) is 17.7 Å². The molecule has 4 rings (SSSR count). The van der Waals surface area contributed by atoms with Gasteiger partial charge in [-0.3, -0.25) is 0 Å². The van der Waals surface area contributed by atoms with Gasteiger partial charge in [0.2, 0.25) is 0 Å². The fourth-order valence-electron chi connectivity index (χ4n) is 4.27. The third kappa shape index (κ3) is 5.26. The molecular formula is C22H26ClFO8S. The number of sulfone groups is 1. The SMILES string of the molecule is CCOC(=O)C1=CC2(CCC1S(=O)(=O)Cc1ccc(F)cc1Cl)OCC1(COCOC1)CO2. The normalized spacial score (nSPS) is 24.5. The van der Waals surface area contributed by atoms with Crippen molar-refractivity contribution < 1.29 is 41.3 Å². The molecule has 1 aromatic carbocycles. The summed E-state index contributed by atoms with van der Waals surface area (Å²) >= 11 is 6.04. The molecule has 2 saturated heterocycles. The minimum absolute atomic E-state index is 0.00804. The van der Waals surface area contributed by atoms with E-state index in [1.807, 2.05) is 0 Å². The van der Waals surface area contributed by atoms with Crippen LogP contribution >= 0.6 is 11.6 Å². The van der Waals surface area contributed by atoms with Gasteiger partial charge in [-0.2, -0.15) is 0 Å². The van der Waals surface area contributed by atoms with Crippen molar-refractivity contribution in [3.8, 4) is 0 Å². The Labute approximate surface area is 196 Å². The molecule has 2 aliphatic heterocycles. The molecule has 2 heterocycles. The number of halogens is 2. The van der Waals surface area contributed by atoms with Crippen LogP contribution in [0.1, 0.15) is 25.3 Å². The van der Waals surface area contributed by atoms with Crippen LogP contribution in [0, 0.1) is 11.2 Å². The first kappa shape index (κ1) is 24.6. The molecule has 0 radical (unpaired) electrons. The minimum atomic E-state index is -3.89. The van der Waals surface area contributed by atoms with Gasteiger partial charge in [0.05, 0.1) is 55.0 Å². The third-order valence-electron chi connectivity index (χ3n) is 6.02. The fourth-order valence-corrected chi connectivity index (χ4v) is 6.50. The Morgan fingerprint density at radius 2 is 1.91 bits per heavy atom. The van der Waals surface area contributed by atoms with E-state index in [-0.39, 0.29) is 55.6 Å². The summed E-state index contributed by atoms with van der Waals surface area (Å²) < 4.78 is 68.0. The first-order valence-electron chi connectivity index (χ1n) is 10.7. The molecule has 11 heteroatoms. The maximum absolute atomic E-state index is 13.4. The van der Waals surface area contributed by atoms with Gasteiger partial charge in [-0.15, -0.1) is 0 Å². The van der Waals surface area contributed by atoms with E-state index in [1.165, 1.54) is 12.1 Å².